The first-order valence-electron chi connectivity index (χ1n) is 29.8. The first kappa shape index (κ1) is 70.0. The molecule has 0 aromatic carbocycles. The molecule has 0 heterocycles. The molecular weight excluding hydrogens is 934 g/mol. The molecule has 426 valence electrons. The van der Waals surface area contributed by atoms with Crippen molar-refractivity contribution in [2.45, 2.75) is 278 Å². The summed E-state index contributed by atoms with van der Waals surface area (Å²) in [5, 5.41) is 0. The van der Waals surface area contributed by atoms with Crippen molar-refractivity contribution in [2.24, 2.45) is 11.8 Å². The summed E-state index contributed by atoms with van der Waals surface area (Å²) in [7, 11) is 1.01. The number of hydrogen-bond acceptors (Lipinski definition) is 12. The zero-order valence-electron chi connectivity index (χ0n) is 47.6. The van der Waals surface area contributed by atoms with Gasteiger partial charge in [0.2, 0.25) is 0 Å². The summed E-state index contributed by atoms with van der Waals surface area (Å²) in [6, 6.07) is 0. The van der Waals surface area contributed by atoms with Crippen molar-refractivity contribution in [3.63, 3.8) is 0 Å². The van der Waals surface area contributed by atoms with Crippen LogP contribution in [-0.2, 0) is 51.7 Å². The van der Waals surface area contributed by atoms with Crippen molar-refractivity contribution in [3.8, 4) is 0 Å². The second-order valence-electron chi connectivity index (χ2n) is 21.7. The molecule has 0 spiro atoms. The molecule has 0 amide bonds. The van der Waals surface area contributed by atoms with Gasteiger partial charge < -0.3 is 37.4 Å². The molecule has 0 fully saturated rings. The lowest BCUT2D eigenvalue weighted by Gasteiger charge is -2.28. The molecule has 0 N–H and O–H groups in total. The van der Waals surface area contributed by atoms with Gasteiger partial charge in [-0.3, -0.25) is 23.7 Å². The first-order chi connectivity index (χ1) is 34.7. The molecule has 13 nitrogen and oxygen atoms in total. The van der Waals surface area contributed by atoms with Crippen molar-refractivity contribution >= 4 is 31.7 Å². The molecule has 72 heavy (non-hydrogen) atoms. The normalized spacial score (nSPS) is 13.1. The number of phosphoric ester groups is 1. The predicted octanol–water partition coefficient (Wildman–Crippen LogP) is 14.9. The second-order valence-corrected chi connectivity index (χ2v) is 23.1. The van der Waals surface area contributed by atoms with Gasteiger partial charge in [-0.25, -0.2) is 0 Å². The van der Waals surface area contributed by atoms with Gasteiger partial charge in [-0.05, 0) is 51.4 Å². The van der Waals surface area contributed by atoms with Crippen LogP contribution in [0.25, 0.3) is 0 Å². The number of carbonyl (C=O) groups is 4. The van der Waals surface area contributed by atoms with Crippen LogP contribution < -0.4 is 4.89 Å². The van der Waals surface area contributed by atoms with E-state index in [2.05, 4.69) is 27.7 Å². The van der Waals surface area contributed by atoms with Crippen molar-refractivity contribution in [2.75, 3.05) is 60.7 Å². The lowest BCUT2D eigenvalue weighted by atomic mass is 9.94. The van der Waals surface area contributed by atoms with Crippen LogP contribution in [0.15, 0.2) is 0 Å². The number of nitrogens with zero attached hydrogens (tertiary/aromatic N) is 1. The molecule has 0 aliphatic rings. The number of rotatable bonds is 54. The average molecular weight is 1050 g/mol. The van der Waals surface area contributed by atoms with Crippen molar-refractivity contribution in [1.82, 2.24) is 0 Å². The standard InChI is InChI=1S/C58H112NO12P/c1-8-12-16-20-24-32-40-52(41-33-25-21-17-13-9-2)57(62)66-47-38-30-28-36-44-55(60)68-50-54(51-70-72(64,65)69-49-46-59(5,6)7)71-56(61)45-37-29-31-39-48-67-58(63)53(42-34-26-22-18-14-10-3)43-35-27-23-19-15-11-4/h52-54H,8-51H2,1-7H3/t54-/m0/s1. The Morgan fingerprint density at radius 3 is 1.15 bits per heavy atom. The summed E-state index contributed by atoms with van der Waals surface area (Å²) >= 11 is 0. The molecular formula is C58H112NO12P. The third-order valence-corrected chi connectivity index (χ3v) is 14.5. The Kier molecular flexibility index (Phi) is 47.2. The summed E-state index contributed by atoms with van der Waals surface area (Å²) in [6.07, 6.45) is 37.0. The molecule has 0 bridgehead atoms. The van der Waals surface area contributed by atoms with E-state index in [0.717, 1.165) is 96.3 Å². The van der Waals surface area contributed by atoms with Crippen molar-refractivity contribution in [1.29, 1.82) is 0 Å². The number of carbonyl (C=O) groups excluding carboxylic acids is 4. The van der Waals surface area contributed by atoms with Gasteiger partial charge in [-0.15, -0.1) is 0 Å². The maximum atomic E-state index is 13.1. The summed E-state index contributed by atoms with van der Waals surface area (Å²) < 4.78 is 45.7. The fourth-order valence-electron chi connectivity index (χ4n) is 8.73. The summed E-state index contributed by atoms with van der Waals surface area (Å²) in [5.41, 5.74) is 0. The second kappa shape index (κ2) is 48.6. The Bertz CT molecular complexity index is 1310. The van der Waals surface area contributed by atoms with E-state index in [-0.39, 0.29) is 49.8 Å². The van der Waals surface area contributed by atoms with Crippen LogP contribution in [0.1, 0.15) is 272 Å². The smallest absolute Gasteiger partial charge is 0.308 e. The molecule has 0 saturated heterocycles. The van der Waals surface area contributed by atoms with E-state index < -0.39 is 32.5 Å². The molecule has 0 aliphatic heterocycles. The molecule has 14 heteroatoms. The van der Waals surface area contributed by atoms with Crippen LogP contribution in [0.2, 0.25) is 0 Å². The molecule has 0 radical (unpaired) electrons. The molecule has 0 aliphatic carbocycles. The van der Waals surface area contributed by atoms with Gasteiger partial charge in [0.05, 0.1) is 52.8 Å². The van der Waals surface area contributed by atoms with Gasteiger partial charge in [0.15, 0.2) is 6.10 Å². The molecule has 2 atom stereocenters. The minimum Gasteiger partial charge on any atom is -0.756 e. The fourth-order valence-corrected chi connectivity index (χ4v) is 9.46. The van der Waals surface area contributed by atoms with Gasteiger partial charge in [0.1, 0.15) is 19.8 Å². The number of likely N-dealkylation sites (N-methyl/N-ethyl adjacent to an activating group) is 1. The highest BCUT2D eigenvalue weighted by Gasteiger charge is 2.23. The van der Waals surface area contributed by atoms with Gasteiger partial charge in [-0.2, -0.15) is 0 Å². The van der Waals surface area contributed by atoms with Crippen LogP contribution in [0.4, 0.5) is 0 Å². The minimum absolute atomic E-state index is 0.0296. The van der Waals surface area contributed by atoms with Crippen LogP contribution in [0.5, 0.6) is 0 Å². The zero-order valence-corrected chi connectivity index (χ0v) is 48.5. The van der Waals surface area contributed by atoms with E-state index in [0.29, 0.717) is 43.5 Å². The lowest BCUT2D eigenvalue weighted by molar-refractivity contribution is -0.870. The highest BCUT2D eigenvalue weighted by atomic mass is 31.2. The van der Waals surface area contributed by atoms with Gasteiger partial charge in [0.25, 0.3) is 7.82 Å². The number of quaternary nitrogens is 1. The van der Waals surface area contributed by atoms with Crippen LogP contribution in [0, 0.1) is 11.8 Å². The number of hydrogen-bond donors (Lipinski definition) is 0. The van der Waals surface area contributed by atoms with E-state index in [1.54, 1.807) is 0 Å². The summed E-state index contributed by atoms with van der Waals surface area (Å²) in [6.45, 7) is 9.05. The largest absolute Gasteiger partial charge is 0.756 e. The van der Waals surface area contributed by atoms with Crippen LogP contribution in [0.3, 0.4) is 0 Å². The molecule has 0 rings (SSSR count). The topological polar surface area (TPSA) is 164 Å². The fraction of sp³-hybridized carbons (Fsp3) is 0.931. The van der Waals surface area contributed by atoms with Crippen molar-refractivity contribution in [3.05, 3.63) is 0 Å². The number of esters is 4. The summed E-state index contributed by atoms with van der Waals surface area (Å²) in [5.74, 6) is -1.26. The van der Waals surface area contributed by atoms with Gasteiger partial charge >= 0.3 is 23.9 Å². The van der Waals surface area contributed by atoms with E-state index >= 15 is 0 Å². The third kappa shape index (κ3) is 46.5. The average Bonchev–Trinajstić information content (AvgIpc) is 3.33. The Labute approximate surface area is 441 Å². The first-order valence-corrected chi connectivity index (χ1v) is 31.2. The van der Waals surface area contributed by atoms with Crippen LogP contribution in [-0.4, -0.2) is 95.2 Å². The molecule has 0 aromatic heterocycles. The number of ether oxygens (including phenoxy) is 4. The number of unbranched alkanes of at least 4 members (excludes halogenated alkanes) is 26. The molecule has 1 unspecified atom stereocenters. The van der Waals surface area contributed by atoms with E-state index in [1.165, 1.54) is 116 Å². The zero-order chi connectivity index (χ0) is 53.4. The SMILES string of the molecule is CCCCCCCCC(CCCCCCCC)C(=O)OCCCCCCC(=O)OC[C@@H](COP(=O)([O-])OCC[N+](C)(C)C)OC(=O)CCCCCCOC(=O)C(CCCCCCCC)CCCCCCCC. The van der Waals surface area contributed by atoms with Gasteiger partial charge in [0, 0.05) is 12.8 Å². The maximum absolute atomic E-state index is 13.1. The number of phosphoric acid groups is 1. The van der Waals surface area contributed by atoms with Crippen molar-refractivity contribution < 1.29 is 61.1 Å². The maximum Gasteiger partial charge on any atom is 0.308 e. The van der Waals surface area contributed by atoms with E-state index in [1.807, 2.05) is 21.1 Å². The van der Waals surface area contributed by atoms with E-state index in [4.69, 9.17) is 28.0 Å². The Hall–Kier alpha value is -2.05. The third-order valence-electron chi connectivity index (χ3n) is 13.5. The highest BCUT2D eigenvalue weighted by molar-refractivity contribution is 7.45. The van der Waals surface area contributed by atoms with Gasteiger partial charge in [-0.1, -0.05) is 207 Å². The van der Waals surface area contributed by atoms with Crippen LogP contribution >= 0.6 is 7.82 Å². The summed E-state index contributed by atoms with van der Waals surface area (Å²) in [4.78, 5) is 64.4. The molecule has 0 saturated carbocycles. The predicted molar refractivity (Wildman–Crippen MR) is 290 cm³/mol. The lowest BCUT2D eigenvalue weighted by Crippen LogP contribution is -2.37. The highest BCUT2D eigenvalue weighted by Crippen LogP contribution is 2.38. The monoisotopic (exact) mass is 1050 g/mol. The minimum atomic E-state index is -4.72. The van der Waals surface area contributed by atoms with E-state index in [9.17, 15) is 28.6 Å². The Morgan fingerprint density at radius 2 is 0.764 bits per heavy atom. The Balaban J connectivity index is 4.91. The molecule has 0 aromatic rings. The Morgan fingerprint density at radius 1 is 0.417 bits per heavy atom. The quantitative estimate of drug-likeness (QED) is 0.0186.